The summed E-state index contributed by atoms with van der Waals surface area (Å²) < 4.78 is 0. The standard InChI is InChI=1S/C13H18N4O/c18-13(15-8-10-4-2-6-16-17-10)12-11-5-1-3-9(11)7-14-12/h2,4,6,9,11-12,14H,1,3,5,7-8H2,(H,15,18). The van der Waals surface area contributed by atoms with Crippen molar-refractivity contribution in [3.8, 4) is 0 Å². The summed E-state index contributed by atoms with van der Waals surface area (Å²) in [4.78, 5) is 12.1. The molecule has 0 spiro atoms. The summed E-state index contributed by atoms with van der Waals surface area (Å²) >= 11 is 0. The van der Waals surface area contributed by atoms with Gasteiger partial charge in [0.05, 0.1) is 18.3 Å². The van der Waals surface area contributed by atoms with Crippen LogP contribution in [0.25, 0.3) is 0 Å². The molecule has 5 nitrogen and oxygen atoms in total. The zero-order valence-electron chi connectivity index (χ0n) is 10.3. The maximum Gasteiger partial charge on any atom is 0.237 e. The van der Waals surface area contributed by atoms with Crippen molar-refractivity contribution in [3.63, 3.8) is 0 Å². The number of amides is 1. The summed E-state index contributed by atoms with van der Waals surface area (Å²) in [5.41, 5.74) is 0.798. The van der Waals surface area contributed by atoms with Gasteiger partial charge in [-0.1, -0.05) is 6.42 Å². The zero-order valence-corrected chi connectivity index (χ0v) is 10.3. The fraction of sp³-hybridized carbons (Fsp3) is 0.615. The van der Waals surface area contributed by atoms with Crippen LogP contribution in [0.3, 0.4) is 0 Å². The zero-order chi connectivity index (χ0) is 12.4. The van der Waals surface area contributed by atoms with Gasteiger partial charge in [0.1, 0.15) is 0 Å². The molecule has 1 amide bonds. The van der Waals surface area contributed by atoms with Crippen molar-refractivity contribution in [2.45, 2.75) is 31.8 Å². The second-order valence-electron chi connectivity index (χ2n) is 5.17. The van der Waals surface area contributed by atoms with E-state index < -0.39 is 0 Å². The minimum Gasteiger partial charge on any atom is -0.349 e. The van der Waals surface area contributed by atoms with Crippen LogP contribution in [0.2, 0.25) is 0 Å². The summed E-state index contributed by atoms with van der Waals surface area (Å²) in [6.45, 7) is 1.45. The molecule has 2 heterocycles. The molecular formula is C13H18N4O. The van der Waals surface area contributed by atoms with E-state index in [4.69, 9.17) is 0 Å². The van der Waals surface area contributed by atoms with E-state index in [1.165, 1.54) is 19.3 Å². The SMILES string of the molecule is O=C(NCc1cccnn1)C1NCC2CCCC21. The Hall–Kier alpha value is -1.49. The van der Waals surface area contributed by atoms with E-state index >= 15 is 0 Å². The molecule has 1 aliphatic heterocycles. The average molecular weight is 246 g/mol. The predicted molar refractivity (Wildman–Crippen MR) is 66.5 cm³/mol. The van der Waals surface area contributed by atoms with Crippen molar-refractivity contribution < 1.29 is 4.79 Å². The van der Waals surface area contributed by atoms with E-state index in [2.05, 4.69) is 20.8 Å². The Morgan fingerprint density at radius 1 is 1.50 bits per heavy atom. The molecule has 18 heavy (non-hydrogen) atoms. The van der Waals surface area contributed by atoms with E-state index in [-0.39, 0.29) is 11.9 Å². The van der Waals surface area contributed by atoms with Crippen LogP contribution >= 0.6 is 0 Å². The van der Waals surface area contributed by atoms with Crippen molar-refractivity contribution in [1.29, 1.82) is 0 Å². The molecule has 1 aliphatic carbocycles. The average Bonchev–Trinajstić information content (AvgIpc) is 2.99. The highest BCUT2D eigenvalue weighted by molar-refractivity contribution is 5.82. The van der Waals surface area contributed by atoms with Gasteiger partial charge in [-0.25, -0.2) is 0 Å². The fourth-order valence-corrected chi connectivity index (χ4v) is 3.19. The molecule has 3 rings (SSSR count). The Bertz CT molecular complexity index is 422. The maximum absolute atomic E-state index is 12.1. The number of carbonyl (C=O) groups is 1. The third-order valence-electron chi connectivity index (χ3n) is 4.10. The summed E-state index contributed by atoms with van der Waals surface area (Å²) in [7, 11) is 0. The van der Waals surface area contributed by atoms with Gasteiger partial charge in [-0.05, 0) is 43.4 Å². The monoisotopic (exact) mass is 246 g/mol. The number of hydrogen-bond donors (Lipinski definition) is 2. The van der Waals surface area contributed by atoms with Crippen LogP contribution < -0.4 is 10.6 Å². The quantitative estimate of drug-likeness (QED) is 0.814. The number of nitrogens with one attached hydrogen (secondary N) is 2. The van der Waals surface area contributed by atoms with Crippen LogP contribution in [-0.2, 0) is 11.3 Å². The molecule has 2 aliphatic rings. The highest BCUT2D eigenvalue weighted by Gasteiger charge is 2.42. The molecule has 3 unspecified atom stereocenters. The Morgan fingerprint density at radius 2 is 2.44 bits per heavy atom. The molecule has 1 aromatic rings. The molecule has 2 fully saturated rings. The van der Waals surface area contributed by atoms with E-state index in [9.17, 15) is 4.79 Å². The molecular weight excluding hydrogens is 228 g/mol. The van der Waals surface area contributed by atoms with Crippen molar-refractivity contribution in [2.24, 2.45) is 11.8 Å². The second-order valence-corrected chi connectivity index (χ2v) is 5.17. The number of hydrogen-bond acceptors (Lipinski definition) is 4. The molecule has 1 saturated heterocycles. The van der Waals surface area contributed by atoms with Crippen molar-refractivity contribution in [3.05, 3.63) is 24.0 Å². The highest BCUT2D eigenvalue weighted by atomic mass is 16.2. The lowest BCUT2D eigenvalue weighted by Crippen LogP contribution is -2.43. The highest BCUT2D eigenvalue weighted by Crippen LogP contribution is 2.37. The lowest BCUT2D eigenvalue weighted by atomic mass is 9.93. The van der Waals surface area contributed by atoms with E-state index in [1.807, 2.05) is 12.1 Å². The van der Waals surface area contributed by atoms with Crippen LogP contribution in [0.5, 0.6) is 0 Å². The summed E-state index contributed by atoms with van der Waals surface area (Å²) in [5, 5.41) is 14.1. The van der Waals surface area contributed by atoms with E-state index in [0.29, 0.717) is 18.4 Å². The third kappa shape index (κ3) is 2.22. The van der Waals surface area contributed by atoms with Crippen LogP contribution in [0.1, 0.15) is 25.0 Å². The van der Waals surface area contributed by atoms with E-state index in [1.54, 1.807) is 6.20 Å². The first-order valence-electron chi connectivity index (χ1n) is 6.62. The van der Waals surface area contributed by atoms with Gasteiger partial charge in [0.25, 0.3) is 0 Å². The third-order valence-corrected chi connectivity index (χ3v) is 4.10. The molecule has 0 aromatic carbocycles. The Kier molecular flexibility index (Phi) is 3.23. The number of aromatic nitrogens is 2. The number of nitrogens with zero attached hydrogens (tertiary/aromatic N) is 2. The molecule has 96 valence electrons. The molecule has 5 heteroatoms. The largest absolute Gasteiger partial charge is 0.349 e. The molecule has 0 radical (unpaired) electrons. The summed E-state index contributed by atoms with van der Waals surface area (Å²) in [6, 6.07) is 3.69. The summed E-state index contributed by atoms with van der Waals surface area (Å²) in [5.74, 6) is 1.35. The lowest BCUT2D eigenvalue weighted by Gasteiger charge is -2.17. The first-order valence-corrected chi connectivity index (χ1v) is 6.62. The Labute approximate surface area is 106 Å². The topological polar surface area (TPSA) is 66.9 Å². The van der Waals surface area contributed by atoms with Gasteiger partial charge in [0, 0.05) is 6.20 Å². The Morgan fingerprint density at radius 3 is 3.28 bits per heavy atom. The predicted octanol–water partition coefficient (Wildman–Crippen LogP) is 0.481. The van der Waals surface area contributed by atoms with Gasteiger partial charge < -0.3 is 10.6 Å². The first-order chi connectivity index (χ1) is 8.84. The first kappa shape index (κ1) is 11.6. The van der Waals surface area contributed by atoms with Gasteiger partial charge in [-0.2, -0.15) is 10.2 Å². The van der Waals surface area contributed by atoms with Gasteiger partial charge in [-0.3, -0.25) is 4.79 Å². The van der Waals surface area contributed by atoms with Gasteiger partial charge in [0.2, 0.25) is 5.91 Å². The van der Waals surface area contributed by atoms with Gasteiger partial charge >= 0.3 is 0 Å². The van der Waals surface area contributed by atoms with Crippen LogP contribution in [-0.4, -0.2) is 28.7 Å². The summed E-state index contributed by atoms with van der Waals surface area (Å²) in [6.07, 6.45) is 5.35. The van der Waals surface area contributed by atoms with Gasteiger partial charge in [-0.15, -0.1) is 0 Å². The fourth-order valence-electron chi connectivity index (χ4n) is 3.19. The number of rotatable bonds is 3. The van der Waals surface area contributed by atoms with Gasteiger partial charge in [0.15, 0.2) is 0 Å². The van der Waals surface area contributed by atoms with Crippen molar-refractivity contribution >= 4 is 5.91 Å². The lowest BCUT2D eigenvalue weighted by molar-refractivity contribution is -0.124. The van der Waals surface area contributed by atoms with Crippen LogP contribution in [0.15, 0.2) is 18.3 Å². The Balaban J connectivity index is 1.56. The minimum absolute atomic E-state index is 0.00540. The molecule has 2 N–H and O–H groups in total. The van der Waals surface area contributed by atoms with Crippen molar-refractivity contribution in [2.75, 3.05) is 6.54 Å². The normalized spacial score (nSPS) is 30.1. The molecule has 0 bridgehead atoms. The second kappa shape index (κ2) is 5.02. The molecule has 1 aromatic heterocycles. The molecule has 1 saturated carbocycles. The maximum atomic E-state index is 12.1. The van der Waals surface area contributed by atoms with Crippen molar-refractivity contribution in [1.82, 2.24) is 20.8 Å². The minimum atomic E-state index is -0.00540. The van der Waals surface area contributed by atoms with E-state index in [0.717, 1.165) is 12.2 Å². The molecule has 3 atom stereocenters. The van der Waals surface area contributed by atoms with Crippen LogP contribution in [0, 0.1) is 11.8 Å². The number of carbonyl (C=O) groups excluding carboxylic acids is 1. The smallest absolute Gasteiger partial charge is 0.237 e. The number of fused-ring (bicyclic) bond motifs is 1. The van der Waals surface area contributed by atoms with Crippen LogP contribution in [0.4, 0.5) is 0 Å².